The molecule has 3 nitrogen and oxygen atoms in total. The molecule has 0 atom stereocenters. The maximum atomic E-state index is 10.5. The first kappa shape index (κ1) is 10.1. The summed E-state index contributed by atoms with van der Waals surface area (Å²) >= 11 is 0. The van der Waals surface area contributed by atoms with Gasteiger partial charge in [0.2, 0.25) is 0 Å². The van der Waals surface area contributed by atoms with Crippen molar-refractivity contribution in [1.29, 1.82) is 0 Å². The van der Waals surface area contributed by atoms with Crippen molar-refractivity contribution in [1.82, 2.24) is 4.72 Å². The molecule has 0 aromatic carbocycles. The van der Waals surface area contributed by atoms with E-state index in [4.69, 9.17) is 0 Å². The van der Waals surface area contributed by atoms with Crippen LogP contribution < -0.4 is 4.72 Å². The molecule has 0 aromatic rings. The lowest BCUT2D eigenvalue weighted by Gasteiger charge is -2.03. The molecule has 0 fully saturated rings. The monoisotopic (exact) mass is 181 g/mol. The quantitative estimate of drug-likeness (QED) is 0.410. The van der Waals surface area contributed by atoms with Crippen molar-refractivity contribution in [3.05, 3.63) is 0 Å². The van der Waals surface area contributed by atoms with E-state index in [2.05, 4.69) is 9.46 Å². The van der Waals surface area contributed by atoms with E-state index in [0.717, 1.165) is 10.8 Å². The normalized spacial score (nSPS) is 10.0. The molecule has 10 heavy (non-hydrogen) atoms. The van der Waals surface area contributed by atoms with Gasteiger partial charge in [-0.3, -0.25) is 4.72 Å². The molecule has 5 heteroatoms. The SMILES string of the molecule is COC(=O)SSNC(C)C. The van der Waals surface area contributed by atoms with Gasteiger partial charge in [-0.2, -0.15) is 0 Å². The minimum Gasteiger partial charge on any atom is -0.460 e. The van der Waals surface area contributed by atoms with E-state index >= 15 is 0 Å². The van der Waals surface area contributed by atoms with Crippen LogP contribution in [0.5, 0.6) is 0 Å². The third-order valence-corrected chi connectivity index (χ3v) is 2.46. The van der Waals surface area contributed by atoms with E-state index in [1.165, 1.54) is 18.1 Å². The topological polar surface area (TPSA) is 38.3 Å². The highest BCUT2D eigenvalue weighted by atomic mass is 33.1. The van der Waals surface area contributed by atoms with Crippen molar-refractivity contribution in [2.75, 3.05) is 7.11 Å². The zero-order valence-electron chi connectivity index (χ0n) is 6.21. The maximum absolute atomic E-state index is 10.5. The number of ether oxygens (including phenoxy) is 1. The number of carbonyl (C=O) groups is 1. The Morgan fingerprint density at radius 1 is 1.60 bits per heavy atom. The summed E-state index contributed by atoms with van der Waals surface area (Å²) < 4.78 is 7.38. The Balaban J connectivity index is 3.12. The van der Waals surface area contributed by atoms with Gasteiger partial charge in [0, 0.05) is 27.8 Å². The zero-order valence-corrected chi connectivity index (χ0v) is 7.84. The number of nitrogens with one attached hydrogen (secondary N) is 1. The van der Waals surface area contributed by atoms with Gasteiger partial charge in [0.1, 0.15) is 0 Å². The van der Waals surface area contributed by atoms with Crippen LogP contribution in [-0.4, -0.2) is 18.5 Å². The predicted octanol–water partition coefficient (Wildman–Crippen LogP) is 2.05. The molecule has 0 bridgehead atoms. The van der Waals surface area contributed by atoms with Crippen LogP contribution in [0.2, 0.25) is 0 Å². The second-order valence-corrected chi connectivity index (χ2v) is 3.80. The van der Waals surface area contributed by atoms with Crippen LogP contribution in [0.25, 0.3) is 0 Å². The molecule has 0 aliphatic heterocycles. The van der Waals surface area contributed by atoms with E-state index in [1.807, 2.05) is 13.8 Å². The standard InChI is InChI=1S/C5H11NO2S2/c1-4(2)6-10-9-5(7)8-3/h4,6H,1-3H3. The summed E-state index contributed by atoms with van der Waals surface area (Å²) in [6.07, 6.45) is 0. The van der Waals surface area contributed by atoms with Crippen molar-refractivity contribution in [3.8, 4) is 0 Å². The van der Waals surface area contributed by atoms with Crippen LogP contribution in [-0.2, 0) is 4.74 Å². The molecule has 0 aliphatic carbocycles. The van der Waals surface area contributed by atoms with Crippen LogP contribution in [0.1, 0.15) is 13.8 Å². The Morgan fingerprint density at radius 3 is 2.60 bits per heavy atom. The second kappa shape index (κ2) is 5.88. The molecule has 0 saturated heterocycles. The Kier molecular flexibility index (Phi) is 5.96. The fourth-order valence-electron chi connectivity index (χ4n) is 0.188. The third kappa shape index (κ3) is 6.25. The summed E-state index contributed by atoms with van der Waals surface area (Å²) in [6.45, 7) is 4.01. The average Bonchev–Trinajstić information content (AvgIpc) is 1.87. The van der Waals surface area contributed by atoms with Crippen LogP contribution in [0.3, 0.4) is 0 Å². The van der Waals surface area contributed by atoms with Gasteiger partial charge in [-0.15, -0.1) is 0 Å². The first-order valence-corrected chi connectivity index (χ1v) is 4.98. The minimum atomic E-state index is -0.279. The molecule has 0 aromatic heterocycles. The molecule has 0 radical (unpaired) electrons. The number of methoxy groups -OCH3 is 1. The van der Waals surface area contributed by atoms with E-state index in [1.54, 1.807) is 0 Å². The molecule has 0 heterocycles. The minimum absolute atomic E-state index is 0.279. The highest BCUT2D eigenvalue weighted by Crippen LogP contribution is 2.19. The number of hydrogen-bond donors (Lipinski definition) is 1. The lowest BCUT2D eigenvalue weighted by atomic mass is 10.4. The average molecular weight is 181 g/mol. The fourth-order valence-corrected chi connectivity index (χ4v) is 1.69. The van der Waals surface area contributed by atoms with Gasteiger partial charge in [0.05, 0.1) is 7.11 Å². The Labute approximate surface area is 68.8 Å². The Bertz CT molecular complexity index is 108. The van der Waals surface area contributed by atoms with Crippen molar-refractivity contribution in [2.24, 2.45) is 0 Å². The summed E-state index contributed by atoms with van der Waals surface area (Å²) in [7, 11) is 3.70. The smallest absolute Gasteiger partial charge is 0.379 e. The van der Waals surface area contributed by atoms with Gasteiger partial charge < -0.3 is 4.74 Å². The molecule has 1 N–H and O–H groups in total. The van der Waals surface area contributed by atoms with Crippen LogP contribution >= 0.6 is 21.8 Å². The lowest BCUT2D eigenvalue weighted by Crippen LogP contribution is -2.12. The summed E-state index contributed by atoms with van der Waals surface area (Å²) in [4.78, 5) is 10.5. The van der Waals surface area contributed by atoms with Crippen LogP contribution in [0.15, 0.2) is 0 Å². The van der Waals surface area contributed by atoms with Crippen molar-refractivity contribution < 1.29 is 9.53 Å². The number of rotatable bonds is 3. The van der Waals surface area contributed by atoms with Gasteiger partial charge >= 0.3 is 5.30 Å². The third-order valence-electron chi connectivity index (χ3n) is 0.560. The highest BCUT2D eigenvalue weighted by Gasteiger charge is 2.01. The molecule has 0 saturated carbocycles. The van der Waals surface area contributed by atoms with Gasteiger partial charge in [-0.25, -0.2) is 4.79 Å². The maximum Gasteiger partial charge on any atom is 0.379 e. The Hall–Kier alpha value is 0.130. The largest absolute Gasteiger partial charge is 0.460 e. The second-order valence-electron chi connectivity index (χ2n) is 1.89. The van der Waals surface area contributed by atoms with Gasteiger partial charge in [-0.05, 0) is 13.8 Å². The summed E-state index contributed by atoms with van der Waals surface area (Å²) in [5, 5.41) is -0.279. The molecular formula is C5H11NO2S2. The predicted molar refractivity (Wildman–Crippen MR) is 45.9 cm³/mol. The zero-order chi connectivity index (χ0) is 7.98. The summed E-state index contributed by atoms with van der Waals surface area (Å²) in [6, 6.07) is 0.377. The van der Waals surface area contributed by atoms with E-state index in [0.29, 0.717) is 6.04 Å². The molecule has 0 rings (SSSR count). The van der Waals surface area contributed by atoms with E-state index < -0.39 is 0 Å². The number of hydrogen-bond acceptors (Lipinski definition) is 5. The van der Waals surface area contributed by atoms with Crippen LogP contribution in [0.4, 0.5) is 4.79 Å². The molecule has 0 amide bonds. The van der Waals surface area contributed by atoms with Gasteiger partial charge in [0.25, 0.3) is 0 Å². The molecule has 0 aliphatic rings. The van der Waals surface area contributed by atoms with Gasteiger partial charge in [-0.1, -0.05) is 0 Å². The highest BCUT2D eigenvalue weighted by molar-refractivity contribution is 8.81. The summed E-state index contributed by atoms with van der Waals surface area (Å²) in [5.41, 5.74) is 0. The van der Waals surface area contributed by atoms with Gasteiger partial charge in [0.15, 0.2) is 0 Å². The number of carbonyl (C=O) groups excluding carboxylic acids is 1. The fraction of sp³-hybridized carbons (Fsp3) is 0.800. The first-order valence-electron chi connectivity index (χ1n) is 2.83. The molecule has 0 spiro atoms. The summed E-state index contributed by atoms with van der Waals surface area (Å²) in [5.74, 6) is 0. The van der Waals surface area contributed by atoms with E-state index in [9.17, 15) is 4.79 Å². The molecule has 60 valence electrons. The van der Waals surface area contributed by atoms with Crippen LogP contribution in [0, 0.1) is 0 Å². The first-order chi connectivity index (χ1) is 4.66. The van der Waals surface area contributed by atoms with Crippen molar-refractivity contribution in [3.63, 3.8) is 0 Å². The van der Waals surface area contributed by atoms with E-state index in [-0.39, 0.29) is 5.30 Å². The molecular weight excluding hydrogens is 170 g/mol. The molecule has 0 unspecified atom stereocenters. The van der Waals surface area contributed by atoms with Crippen molar-refractivity contribution >= 4 is 27.1 Å². The Morgan fingerprint density at radius 2 is 2.20 bits per heavy atom. The van der Waals surface area contributed by atoms with Crippen molar-refractivity contribution in [2.45, 2.75) is 19.9 Å². The lowest BCUT2D eigenvalue weighted by molar-refractivity contribution is 0.200.